The van der Waals surface area contributed by atoms with E-state index < -0.39 is 5.60 Å². The number of allylic oxidation sites excluding steroid dienone is 2. The molecule has 2 unspecified atom stereocenters. The first-order chi connectivity index (χ1) is 13.5. The van der Waals surface area contributed by atoms with Crippen LogP contribution in [0.3, 0.4) is 0 Å². The molecule has 0 spiro atoms. The van der Waals surface area contributed by atoms with E-state index in [1.807, 2.05) is 20.8 Å². The van der Waals surface area contributed by atoms with Crippen LogP contribution in [0, 0.1) is 39.4 Å². The molecular weight excluding hydrogens is 380 g/mol. The van der Waals surface area contributed by atoms with Crippen molar-refractivity contribution < 1.29 is 9.53 Å². The van der Waals surface area contributed by atoms with Crippen LogP contribution in [0.2, 0.25) is 0 Å². The van der Waals surface area contributed by atoms with Crippen molar-refractivity contribution >= 4 is 5.97 Å². The molecule has 0 fully saturated rings. The molecule has 2 heteroatoms. The second-order valence-corrected chi connectivity index (χ2v) is 14.9. The zero-order valence-electron chi connectivity index (χ0n) is 23.8. The average Bonchev–Trinajstić information content (AvgIpc) is 2.41. The predicted molar refractivity (Wildman–Crippen MR) is 137 cm³/mol. The summed E-state index contributed by atoms with van der Waals surface area (Å²) in [5, 5.41) is 0. The van der Waals surface area contributed by atoms with Gasteiger partial charge in [0.05, 0.1) is 0 Å². The van der Waals surface area contributed by atoms with Crippen molar-refractivity contribution in [3.8, 4) is 0 Å². The van der Waals surface area contributed by atoms with Crippen LogP contribution < -0.4 is 0 Å². The second kappa shape index (κ2) is 10.4. The fourth-order valence-corrected chi connectivity index (χ4v) is 5.14. The Labute approximate surface area is 196 Å². The van der Waals surface area contributed by atoms with Crippen LogP contribution in [0.4, 0.5) is 0 Å². The van der Waals surface area contributed by atoms with E-state index in [1.54, 1.807) is 0 Å². The third-order valence-electron chi connectivity index (χ3n) is 6.24. The van der Waals surface area contributed by atoms with Crippen molar-refractivity contribution in [1.29, 1.82) is 0 Å². The van der Waals surface area contributed by atoms with E-state index in [-0.39, 0.29) is 27.6 Å². The Morgan fingerprint density at radius 3 is 1.45 bits per heavy atom. The summed E-state index contributed by atoms with van der Waals surface area (Å²) in [6.07, 6.45) is 7.42. The van der Waals surface area contributed by atoms with Gasteiger partial charge in [-0.3, -0.25) is 4.79 Å². The summed E-state index contributed by atoms with van der Waals surface area (Å²) in [6, 6.07) is 0. The molecule has 0 bridgehead atoms. The molecule has 0 radical (unpaired) electrons. The molecular formula is C29H56O2. The Balaban J connectivity index is 5.77. The minimum absolute atomic E-state index is 0.0801. The van der Waals surface area contributed by atoms with Gasteiger partial charge in [0.25, 0.3) is 0 Å². The maximum absolute atomic E-state index is 12.3. The molecule has 2 atom stereocenters. The Bertz CT molecular complexity index is 563. The highest BCUT2D eigenvalue weighted by molar-refractivity contribution is 5.69. The summed E-state index contributed by atoms with van der Waals surface area (Å²) in [4.78, 5) is 12.3. The van der Waals surface area contributed by atoms with E-state index in [0.29, 0.717) is 24.2 Å². The molecule has 0 amide bonds. The lowest BCUT2D eigenvalue weighted by Crippen LogP contribution is -2.36. The van der Waals surface area contributed by atoms with Crippen LogP contribution in [0.1, 0.15) is 123 Å². The van der Waals surface area contributed by atoms with Crippen LogP contribution in [0.15, 0.2) is 12.2 Å². The Hall–Kier alpha value is -0.790. The fourth-order valence-electron chi connectivity index (χ4n) is 5.14. The highest BCUT2D eigenvalue weighted by atomic mass is 16.6. The van der Waals surface area contributed by atoms with Crippen molar-refractivity contribution in [1.82, 2.24) is 0 Å². The first kappa shape index (κ1) is 30.2. The lowest BCUT2D eigenvalue weighted by molar-refractivity contribution is -0.155. The van der Waals surface area contributed by atoms with Crippen molar-refractivity contribution in [3.05, 3.63) is 12.2 Å². The molecule has 0 rings (SSSR count). The molecule has 0 heterocycles. The fraction of sp³-hybridized carbons (Fsp3) is 0.897. The molecule has 2 nitrogen and oxygen atoms in total. The topological polar surface area (TPSA) is 26.3 Å². The molecule has 184 valence electrons. The quantitative estimate of drug-likeness (QED) is 0.294. The third kappa shape index (κ3) is 11.6. The van der Waals surface area contributed by atoms with Gasteiger partial charge in [-0.05, 0) is 73.0 Å². The summed E-state index contributed by atoms with van der Waals surface area (Å²) >= 11 is 0. The monoisotopic (exact) mass is 436 g/mol. The van der Waals surface area contributed by atoms with E-state index >= 15 is 0 Å². The Morgan fingerprint density at radius 2 is 1.13 bits per heavy atom. The zero-order chi connectivity index (χ0) is 25.1. The number of hydrogen-bond acceptors (Lipinski definition) is 2. The van der Waals surface area contributed by atoms with E-state index in [9.17, 15) is 4.79 Å². The van der Waals surface area contributed by atoms with E-state index in [2.05, 4.69) is 95.2 Å². The molecule has 31 heavy (non-hydrogen) atoms. The molecule has 0 saturated heterocycles. The van der Waals surface area contributed by atoms with Crippen molar-refractivity contribution in [2.45, 2.75) is 129 Å². The van der Waals surface area contributed by atoms with Gasteiger partial charge in [-0.25, -0.2) is 0 Å². The summed E-state index contributed by atoms with van der Waals surface area (Å²) in [5.74, 6) is 1.35. The number of hydrogen-bond donors (Lipinski definition) is 0. The van der Waals surface area contributed by atoms with Crippen LogP contribution in [-0.4, -0.2) is 11.6 Å². The van der Waals surface area contributed by atoms with Gasteiger partial charge >= 0.3 is 5.97 Å². The molecule has 0 aliphatic carbocycles. The maximum Gasteiger partial charge on any atom is 0.306 e. The third-order valence-corrected chi connectivity index (χ3v) is 6.24. The van der Waals surface area contributed by atoms with Gasteiger partial charge in [0.2, 0.25) is 0 Å². The van der Waals surface area contributed by atoms with Gasteiger partial charge in [0.1, 0.15) is 5.60 Å². The normalized spacial score (nSPS) is 16.6. The molecule has 0 aliphatic heterocycles. The SMILES string of the molecule is CC(C)(C)OC(=O)CCCC(C(C=CC(C(C)(C)C)C(C)(C)C)C(C)(C)C)C(C)(C)C. The van der Waals surface area contributed by atoms with E-state index in [0.717, 1.165) is 12.8 Å². The van der Waals surface area contributed by atoms with Gasteiger partial charge in [-0.15, -0.1) is 0 Å². The zero-order valence-corrected chi connectivity index (χ0v) is 23.8. The average molecular weight is 437 g/mol. The first-order valence-corrected chi connectivity index (χ1v) is 12.4. The van der Waals surface area contributed by atoms with Gasteiger partial charge in [-0.2, -0.15) is 0 Å². The molecule has 0 N–H and O–H groups in total. The van der Waals surface area contributed by atoms with Crippen LogP contribution in [-0.2, 0) is 9.53 Å². The molecule has 0 aromatic heterocycles. The van der Waals surface area contributed by atoms with Gasteiger partial charge < -0.3 is 4.74 Å². The van der Waals surface area contributed by atoms with Crippen LogP contribution >= 0.6 is 0 Å². The minimum atomic E-state index is -0.411. The van der Waals surface area contributed by atoms with E-state index in [1.165, 1.54) is 0 Å². The number of rotatable bonds is 7. The van der Waals surface area contributed by atoms with Gasteiger partial charge in [0.15, 0.2) is 0 Å². The summed E-state index contributed by atoms with van der Waals surface area (Å²) < 4.78 is 5.53. The number of esters is 1. The van der Waals surface area contributed by atoms with Gasteiger partial charge in [-0.1, -0.05) is 95.2 Å². The number of carbonyl (C=O) groups is 1. The molecule has 0 aromatic carbocycles. The molecule has 0 aliphatic rings. The summed E-state index contributed by atoms with van der Waals surface area (Å²) in [5.41, 5.74) is 0.332. The lowest BCUT2D eigenvalue weighted by Gasteiger charge is -2.44. The molecule has 0 aromatic rings. The highest BCUT2D eigenvalue weighted by Crippen LogP contribution is 2.47. The number of ether oxygens (including phenoxy) is 1. The summed E-state index contributed by atoms with van der Waals surface area (Å²) in [7, 11) is 0. The Morgan fingerprint density at radius 1 is 0.677 bits per heavy atom. The largest absolute Gasteiger partial charge is 0.460 e. The predicted octanol–water partition coefficient (Wildman–Crippen LogP) is 9.09. The lowest BCUT2D eigenvalue weighted by atomic mass is 9.61. The highest BCUT2D eigenvalue weighted by Gasteiger charge is 2.38. The smallest absolute Gasteiger partial charge is 0.306 e. The van der Waals surface area contributed by atoms with Crippen molar-refractivity contribution in [2.24, 2.45) is 39.4 Å². The van der Waals surface area contributed by atoms with Crippen LogP contribution in [0.25, 0.3) is 0 Å². The van der Waals surface area contributed by atoms with Gasteiger partial charge in [0, 0.05) is 6.42 Å². The molecule has 0 saturated carbocycles. The van der Waals surface area contributed by atoms with E-state index in [4.69, 9.17) is 4.74 Å². The second-order valence-electron chi connectivity index (χ2n) is 14.9. The van der Waals surface area contributed by atoms with Crippen molar-refractivity contribution in [2.75, 3.05) is 0 Å². The van der Waals surface area contributed by atoms with Crippen molar-refractivity contribution in [3.63, 3.8) is 0 Å². The maximum atomic E-state index is 12.3. The standard InChI is InChI=1S/C29H56O2/c1-25(2,3)21(17-16-18-24(30)31-29(13,14)15)22(26(4,5)6)19-20-23(27(7,8)9)28(10,11)12/h19-23H,16-18H2,1-15H3. The Kier molecular flexibility index (Phi) is 10.2. The van der Waals surface area contributed by atoms with Crippen LogP contribution in [0.5, 0.6) is 0 Å². The first-order valence-electron chi connectivity index (χ1n) is 12.4. The number of carbonyl (C=O) groups excluding carboxylic acids is 1. The minimum Gasteiger partial charge on any atom is -0.460 e. The summed E-state index contributed by atoms with van der Waals surface area (Å²) in [6.45, 7) is 34.0.